The maximum absolute atomic E-state index is 13.7. The van der Waals surface area contributed by atoms with Gasteiger partial charge in [-0.25, -0.2) is 8.42 Å². The Hall–Kier alpha value is -3.42. The first-order valence-corrected chi connectivity index (χ1v) is 15.4. The van der Waals surface area contributed by atoms with E-state index in [1.807, 2.05) is 12.1 Å². The Balaban J connectivity index is 0.00000484. The second-order valence-corrected chi connectivity index (χ2v) is 12.2. The Labute approximate surface area is 252 Å². The molecule has 42 heavy (non-hydrogen) atoms. The Morgan fingerprint density at radius 2 is 1.86 bits per heavy atom. The number of hydrogen-bond donors (Lipinski definition) is 4. The monoisotopic (exact) mass is 622 g/mol. The van der Waals surface area contributed by atoms with Crippen LogP contribution in [-0.4, -0.2) is 86.8 Å². The number of nitrogens with two attached hydrogens (primary N) is 1. The number of halogens is 1. The van der Waals surface area contributed by atoms with Crippen LogP contribution in [0.2, 0.25) is 0 Å². The molecule has 12 nitrogen and oxygen atoms in total. The standard InChI is InChI=1S/C28H38N6O6S.ClH/c1-2-40-26(36)18-34(22-10-11-22)27(37)24(15-25(35)31-16-19-6-5-13-33(17-19)28(29)30)32-41(38,39)23-12-9-20-7-3-4-8-21(20)14-23;/h3-4,7-9,12,14,19,22,24,32H,2,5-6,10-11,13,15-18H2,1H3,(H3,29,30)(H,31,35);1H/t19-,24-;/m1./s1. The smallest absolute Gasteiger partial charge is 0.325 e. The Morgan fingerprint density at radius 1 is 1.14 bits per heavy atom. The molecule has 5 N–H and O–H groups in total. The number of benzene rings is 2. The number of fused-ring (bicyclic) bond motifs is 1. The summed E-state index contributed by atoms with van der Waals surface area (Å²) in [6.07, 6.45) is 2.58. The fourth-order valence-electron chi connectivity index (χ4n) is 5.05. The Bertz CT molecular complexity index is 1400. The van der Waals surface area contributed by atoms with E-state index >= 15 is 0 Å². The molecule has 1 saturated heterocycles. The topological polar surface area (TPSA) is 175 Å². The minimum absolute atomic E-state index is 0. The summed E-state index contributed by atoms with van der Waals surface area (Å²) in [7, 11) is -4.21. The summed E-state index contributed by atoms with van der Waals surface area (Å²) in [5.41, 5.74) is 5.61. The second-order valence-electron chi connectivity index (χ2n) is 10.5. The molecule has 1 aliphatic heterocycles. The largest absolute Gasteiger partial charge is 0.465 e. The molecule has 1 aliphatic carbocycles. The second kappa shape index (κ2) is 14.7. The highest BCUT2D eigenvalue weighted by Gasteiger charge is 2.39. The zero-order valence-electron chi connectivity index (χ0n) is 23.6. The van der Waals surface area contributed by atoms with Crippen LogP contribution < -0.4 is 15.8 Å². The van der Waals surface area contributed by atoms with Gasteiger partial charge >= 0.3 is 5.97 Å². The number of nitrogens with one attached hydrogen (secondary N) is 3. The molecule has 230 valence electrons. The molecule has 0 radical (unpaired) electrons. The van der Waals surface area contributed by atoms with E-state index in [0.717, 1.165) is 18.2 Å². The molecule has 4 rings (SSSR count). The number of sulfonamides is 1. The molecule has 2 aromatic carbocycles. The number of piperidine rings is 1. The van der Waals surface area contributed by atoms with Crippen LogP contribution in [0.5, 0.6) is 0 Å². The number of hydrogen-bond acceptors (Lipinski definition) is 7. The number of esters is 1. The molecule has 2 aromatic rings. The van der Waals surface area contributed by atoms with Gasteiger partial charge in [0.1, 0.15) is 12.6 Å². The highest BCUT2D eigenvalue weighted by molar-refractivity contribution is 7.89. The molecule has 14 heteroatoms. The number of rotatable bonds is 12. The number of carbonyl (C=O) groups is 3. The van der Waals surface area contributed by atoms with Crippen molar-refractivity contribution in [1.82, 2.24) is 19.8 Å². The molecule has 2 atom stereocenters. The molecular weight excluding hydrogens is 584 g/mol. The molecule has 0 bridgehead atoms. The lowest BCUT2D eigenvalue weighted by atomic mass is 9.98. The molecule has 2 fully saturated rings. The highest BCUT2D eigenvalue weighted by atomic mass is 35.5. The quantitative estimate of drug-likeness (QED) is 0.157. The summed E-state index contributed by atoms with van der Waals surface area (Å²) in [6, 6.07) is 10.3. The van der Waals surface area contributed by atoms with Crippen molar-refractivity contribution in [2.75, 3.05) is 32.8 Å². The van der Waals surface area contributed by atoms with Crippen molar-refractivity contribution in [2.45, 2.75) is 56.0 Å². The van der Waals surface area contributed by atoms with Gasteiger partial charge in [0.05, 0.1) is 17.9 Å². The van der Waals surface area contributed by atoms with Crippen molar-refractivity contribution in [2.24, 2.45) is 11.7 Å². The maximum atomic E-state index is 13.7. The van der Waals surface area contributed by atoms with Crippen LogP contribution >= 0.6 is 12.4 Å². The number of guanidine groups is 1. The minimum atomic E-state index is -4.21. The van der Waals surface area contributed by atoms with E-state index in [-0.39, 0.29) is 48.4 Å². The van der Waals surface area contributed by atoms with Gasteiger partial charge in [-0.15, -0.1) is 12.4 Å². The van der Waals surface area contributed by atoms with Crippen molar-refractivity contribution in [3.63, 3.8) is 0 Å². The van der Waals surface area contributed by atoms with E-state index in [0.29, 0.717) is 37.9 Å². The summed E-state index contributed by atoms with van der Waals surface area (Å²) in [5.74, 6) is -1.71. The SMILES string of the molecule is CCOC(=O)CN(C(=O)[C@@H](CC(=O)NC[C@H]1CCCN(C(=N)N)C1)NS(=O)(=O)c1ccc2ccccc2c1)C1CC1.Cl. The van der Waals surface area contributed by atoms with Crippen LogP contribution in [0.15, 0.2) is 47.4 Å². The molecule has 0 unspecified atom stereocenters. The first-order chi connectivity index (χ1) is 19.6. The summed E-state index contributed by atoms with van der Waals surface area (Å²) >= 11 is 0. The van der Waals surface area contributed by atoms with Gasteiger partial charge in [-0.05, 0) is 61.4 Å². The number of ether oxygens (including phenoxy) is 1. The summed E-state index contributed by atoms with van der Waals surface area (Å²) in [4.78, 5) is 42.0. The van der Waals surface area contributed by atoms with Crippen molar-refractivity contribution in [3.8, 4) is 0 Å². The number of likely N-dealkylation sites (tertiary alicyclic amines) is 1. The minimum Gasteiger partial charge on any atom is -0.465 e. The normalized spacial score (nSPS) is 17.5. The van der Waals surface area contributed by atoms with Gasteiger partial charge in [0.25, 0.3) is 0 Å². The lowest BCUT2D eigenvalue weighted by Gasteiger charge is -2.33. The van der Waals surface area contributed by atoms with E-state index in [4.69, 9.17) is 15.9 Å². The van der Waals surface area contributed by atoms with Gasteiger partial charge < -0.3 is 25.6 Å². The van der Waals surface area contributed by atoms with Crippen LogP contribution in [0, 0.1) is 11.3 Å². The Morgan fingerprint density at radius 3 is 2.52 bits per heavy atom. The zero-order valence-corrected chi connectivity index (χ0v) is 25.2. The van der Waals surface area contributed by atoms with Crippen LogP contribution in [0.25, 0.3) is 10.8 Å². The third-order valence-corrected chi connectivity index (χ3v) is 8.81. The molecular formula is C28H39ClN6O6S. The lowest BCUT2D eigenvalue weighted by Crippen LogP contribution is -2.52. The average Bonchev–Trinajstić information content (AvgIpc) is 3.79. The molecule has 2 aliphatic rings. The van der Waals surface area contributed by atoms with E-state index in [1.54, 1.807) is 30.0 Å². The molecule has 2 amide bonds. The fourth-order valence-corrected chi connectivity index (χ4v) is 6.28. The van der Waals surface area contributed by atoms with Gasteiger partial charge in [-0.3, -0.25) is 19.8 Å². The van der Waals surface area contributed by atoms with Crippen LogP contribution in [0.1, 0.15) is 39.0 Å². The van der Waals surface area contributed by atoms with Gasteiger partial charge in [0.15, 0.2) is 5.96 Å². The lowest BCUT2D eigenvalue weighted by molar-refractivity contribution is -0.150. The maximum Gasteiger partial charge on any atom is 0.325 e. The third-order valence-electron chi connectivity index (χ3n) is 7.34. The van der Waals surface area contributed by atoms with Gasteiger partial charge in [-0.1, -0.05) is 30.3 Å². The fraction of sp³-hybridized carbons (Fsp3) is 0.500. The molecule has 1 saturated carbocycles. The van der Waals surface area contributed by atoms with E-state index in [2.05, 4.69) is 10.0 Å². The number of nitrogens with zero attached hydrogens (tertiary/aromatic N) is 2. The van der Waals surface area contributed by atoms with Crippen LogP contribution in [0.3, 0.4) is 0 Å². The predicted molar refractivity (Wildman–Crippen MR) is 161 cm³/mol. The van der Waals surface area contributed by atoms with Crippen molar-refractivity contribution in [3.05, 3.63) is 42.5 Å². The van der Waals surface area contributed by atoms with Gasteiger partial charge in [-0.2, -0.15) is 4.72 Å². The molecule has 0 aromatic heterocycles. The van der Waals surface area contributed by atoms with E-state index in [1.165, 1.54) is 17.0 Å². The van der Waals surface area contributed by atoms with Gasteiger partial charge in [0, 0.05) is 25.7 Å². The summed E-state index contributed by atoms with van der Waals surface area (Å²) in [5, 5.41) is 12.1. The number of carbonyl (C=O) groups excluding carboxylic acids is 3. The first-order valence-electron chi connectivity index (χ1n) is 13.9. The van der Waals surface area contributed by atoms with Crippen molar-refractivity contribution in [1.29, 1.82) is 5.41 Å². The summed E-state index contributed by atoms with van der Waals surface area (Å²) < 4.78 is 34.4. The zero-order chi connectivity index (χ0) is 29.6. The average molecular weight is 623 g/mol. The van der Waals surface area contributed by atoms with Crippen LogP contribution in [0.4, 0.5) is 0 Å². The third kappa shape index (κ3) is 8.79. The number of amides is 2. The first kappa shape index (κ1) is 33.1. The van der Waals surface area contributed by atoms with Crippen LogP contribution in [-0.2, 0) is 29.1 Å². The summed E-state index contributed by atoms with van der Waals surface area (Å²) in [6.45, 7) is 3.00. The highest BCUT2D eigenvalue weighted by Crippen LogP contribution is 2.28. The van der Waals surface area contributed by atoms with Crippen molar-refractivity contribution >= 4 is 56.9 Å². The van der Waals surface area contributed by atoms with Gasteiger partial charge in [0.2, 0.25) is 21.8 Å². The molecule has 1 heterocycles. The van der Waals surface area contributed by atoms with Crippen molar-refractivity contribution < 1.29 is 27.5 Å². The van der Waals surface area contributed by atoms with E-state index < -0.39 is 40.3 Å². The molecule has 0 spiro atoms. The predicted octanol–water partition coefficient (Wildman–Crippen LogP) is 1.57. The van der Waals surface area contributed by atoms with E-state index in [9.17, 15) is 22.8 Å². The Kier molecular flexibility index (Phi) is 11.5.